The minimum Gasteiger partial charge on any atom is -0.383 e. The van der Waals surface area contributed by atoms with Crippen molar-refractivity contribution in [1.82, 2.24) is 15.2 Å². The Morgan fingerprint density at radius 2 is 2.30 bits per heavy atom. The fraction of sp³-hybridized carbons (Fsp3) is 0.600. The number of nitrogens with zero attached hydrogens (tertiary/aromatic N) is 2. The zero-order valence-corrected chi connectivity index (χ0v) is 12.5. The van der Waals surface area contributed by atoms with E-state index in [1.54, 1.807) is 18.5 Å². The van der Waals surface area contributed by atoms with Gasteiger partial charge in [0.25, 0.3) is 5.91 Å². The van der Waals surface area contributed by atoms with Crippen LogP contribution in [0, 0.1) is 0 Å². The predicted octanol–water partition coefficient (Wildman–Crippen LogP) is 1.73. The quantitative estimate of drug-likeness (QED) is 0.796. The van der Waals surface area contributed by atoms with Crippen LogP contribution in [0.4, 0.5) is 5.69 Å². The van der Waals surface area contributed by atoms with E-state index in [9.17, 15) is 4.79 Å². The Balaban J connectivity index is 1.91. The Hall–Kier alpha value is -1.62. The molecule has 5 heteroatoms. The maximum atomic E-state index is 12.3. The van der Waals surface area contributed by atoms with Crippen molar-refractivity contribution < 1.29 is 4.79 Å². The second-order valence-corrected chi connectivity index (χ2v) is 5.41. The molecule has 5 nitrogen and oxygen atoms in total. The van der Waals surface area contributed by atoms with Gasteiger partial charge in [0.05, 0.1) is 17.4 Å². The first kappa shape index (κ1) is 14.8. The summed E-state index contributed by atoms with van der Waals surface area (Å²) >= 11 is 0. The molecule has 1 unspecified atom stereocenters. The molecule has 1 aliphatic carbocycles. The van der Waals surface area contributed by atoms with Crippen LogP contribution in [0.5, 0.6) is 0 Å². The van der Waals surface area contributed by atoms with E-state index in [-0.39, 0.29) is 5.91 Å². The van der Waals surface area contributed by atoms with E-state index in [0.29, 0.717) is 24.2 Å². The first-order valence-electron chi connectivity index (χ1n) is 7.31. The van der Waals surface area contributed by atoms with Crippen LogP contribution in [-0.4, -0.2) is 48.0 Å². The highest BCUT2D eigenvalue weighted by atomic mass is 16.1. The summed E-state index contributed by atoms with van der Waals surface area (Å²) in [4.78, 5) is 18.7. The van der Waals surface area contributed by atoms with Gasteiger partial charge in [-0.1, -0.05) is 0 Å². The smallest absolute Gasteiger partial charge is 0.253 e. The van der Waals surface area contributed by atoms with Gasteiger partial charge in [-0.2, -0.15) is 0 Å². The lowest BCUT2D eigenvalue weighted by molar-refractivity contribution is 0.0940. The van der Waals surface area contributed by atoms with Gasteiger partial charge in [-0.25, -0.2) is 0 Å². The van der Waals surface area contributed by atoms with E-state index >= 15 is 0 Å². The minimum absolute atomic E-state index is 0.0422. The van der Waals surface area contributed by atoms with Gasteiger partial charge in [0.2, 0.25) is 0 Å². The topological polar surface area (TPSA) is 57.3 Å². The van der Waals surface area contributed by atoms with E-state index in [1.165, 1.54) is 12.8 Å². The molecule has 1 fully saturated rings. The molecule has 1 aromatic rings. The van der Waals surface area contributed by atoms with Crippen molar-refractivity contribution in [1.29, 1.82) is 0 Å². The van der Waals surface area contributed by atoms with Gasteiger partial charge in [0, 0.05) is 31.4 Å². The number of anilines is 1. The number of nitrogens with one attached hydrogen (secondary N) is 2. The van der Waals surface area contributed by atoms with Crippen molar-refractivity contribution in [2.24, 2.45) is 0 Å². The molecule has 0 aliphatic heterocycles. The Bertz CT molecular complexity index is 459. The maximum Gasteiger partial charge on any atom is 0.253 e. The molecule has 1 atom stereocenters. The van der Waals surface area contributed by atoms with Crippen molar-refractivity contribution >= 4 is 11.6 Å². The second-order valence-electron chi connectivity index (χ2n) is 5.41. The molecule has 1 aromatic heterocycles. The van der Waals surface area contributed by atoms with Crippen molar-refractivity contribution in [2.45, 2.75) is 38.8 Å². The Labute approximate surface area is 120 Å². The lowest BCUT2D eigenvalue weighted by Crippen LogP contribution is -2.41. The van der Waals surface area contributed by atoms with Crippen molar-refractivity contribution in [3.8, 4) is 0 Å². The molecule has 110 valence electrons. The maximum absolute atomic E-state index is 12.3. The molecular weight excluding hydrogens is 252 g/mol. The molecular formula is C15H24N4O. The third kappa shape index (κ3) is 3.70. The zero-order valence-electron chi connectivity index (χ0n) is 12.5. The van der Waals surface area contributed by atoms with Crippen LogP contribution in [0.25, 0.3) is 0 Å². The molecule has 0 radical (unpaired) electrons. The highest BCUT2D eigenvalue weighted by Gasteiger charge is 2.29. The molecule has 2 N–H and O–H groups in total. The number of amides is 1. The number of rotatable bonds is 7. The van der Waals surface area contributed by atoms with Gasteiger partial charge < -0.3 is 10.6 Å². The summed E-state index contributed by atoms with van der Waals surface area (Å²) in [7, 11) is 2.13. The number of carbonyl (C=O) groups excluding carboxylic acids is 1. The monoisotopic (exact) mass is 276 g/mol. The van der Waals surface area contributed by atoms with Crippen LogP contribution in [0.15, 0.2) is 18.5 Å². The van der Waals surface area contributed by atoms with E-state index in [0.717, 1.165) is 12.2 Å². The summed E-state index contributed by atoms with van der Waals surface area (Å²) < 4.78 is 0. The van der Waals surface area contributed by atoms with Crippen LogP contribution in [0.1, 0.15) is 37.0 Å². The number of hydrogen-bond acceptors (Lipinski definition) is 4. The predicted molar refractivity (Wildman–Crippen MR) is 81.0 cm³/mol. The third-order valence-electron chi connectivity index (χ3n) is 3.81. The van der Waals surface area contributed by atoms with Gasteiger partial charge in [0.15, 0.2) is 0 Å². The molecule has 0 saturated heterocycles. The SMILES string of the molecule is CCNc1cnccc1C(=O)NCC(C)N(C)C1CC1. The van der Waals surface area contributed by atoms with Crippen LogP contribution >= 0.6 is 0 Å². The standard InChI is InChI=1S/C15H24N4O/c1-4-17-14-10-16-8-7-13(14)15(20)18-9-11(2)19(3)12-5-6-12/h7-8,10-12,17H,4-6,9H2,1-3H3,(H,18,20). The van der Waals surface area contributed by atoms with Gasteiger partial charge >= 0.3 is 0 Å². The fourth-order valence-corrected chi connectivity index (χ4v) is 2.25. The summed E-state index contributed by atoms with van der Waals surface area (Å²) in [5, 5.41) is 6.17. The molecule has 20 heavy (non-hydrogen) atoms. The van der Waals surface area contributed by atoms with E-state index in [4.69, 9.17) is 0 Å². The molecule has 0 spiro atoms. The molecule has 1 aliphatic rings. The molecule has 0 bridgehead atoms. The lowest BCUT2D eigenvalue weighted by atomic mass is 10.2. The molecule has 0 aromatic carbocycles. The number of likely N-dealkylation sites (N-methyl/N-ethyl adjacent to an activating group) is 1. The largest absolute Gasteiger partial charge is 0.383 e. The summed E-state index contributed by atoms with van der Waals surface area (Å²) in [6, 6.07) is 2.82. The van der Waals surface area contributed by atoms with E-state index in [1.807, 2.05) is 6.92 Å². The highest BCUT2D eigenvalue weighted by Crippen LogP contribution is 2.26. The van der Waals surface area contributed by atoms with Gasteiger partial charge in [-0.3, -0.25) is 14.7 Å². The first-order chi connectivity index (χ1) is 9.63. The Morgan fingerprint density at radius 1 is 1.55 bits per heavy atom. The van der Waals surface area contributed by atoms with Crippen molar-refractivity contribution in [3.05, 3.63) is 24.0 Å². The summed E-state index contributed by atoms with van der Waals surface area (Å²) in [6.45, 7) is 5.59. The summed E-state index contributed by atoms with van der Waals surface area (Å²) in [5.74, 6) is -0.0422. The number of hydrogen-bond donors (Lipinski definition) is 2. The van der Waals surface area contributed by atoms with E-state index < -0.39 is 0 Å². The Kier molecular flexibility index (Phi) is 4.95. The molecule has 2 rings (SSSR count). The van der Waals surface area contributed by atoms with Crippen LogP contribution < -0.4 is 10.6 Å². The fourth-order valence-electron chi connectivity index (χ4n) is 2.25. The number of aromatic nitrogens is 1. The number of carbonyl (C=O) groups is 1. The van der Waals surface area contributed by atoms with E-state index in [2.05, 4.69) is 34.5 Å². The zero-order chi connectivity index (χ0) is 14.5. The lowest BCUT2D eigenvalue weighted by Gasteiger charge is -2.24. The molecule has 1 amide bonds. The van der Waals surface area contributed by atoms with Gasteiger partial charge in [-0.05, 0) is 39.8 Å². The normalized spacial score (nSPS) is 16.0. The van der Waals surface area contributed by atoms with Crippen LogP contribution in [-0.2, 0) is 0 Å². The van der Waals surface area contributed by atoms with Crippen molar-refractivity contribution in [3.63, 3.8) is 0 Å². The average Bonchev–Trinajstić information content (AvgIpc) is 3.29. The average molecular weight is 276 g/mol. The second kappa shape index (κ2) is 6.70. The van der Waals surface area contributed by atoms with Gasteiger partial charge in [0.1, 0.15) is 0 Å². The third-order valence-corrected chi connectivity index (χ3v) is 3.81. The number of pyridine rings is 1. The summed E-state index contributed by atoms with van der Waals surface area (Å²) in [6.07, 6.45) is 5.90. The van der Waals surface area contributed by atoms with Gasteiger partial charge in [-0.15, -0.1) is 0 Å². The first-order valence-corrected chi connectivity index (χ1v) is 7.31. The summed E-state index contributed by atoms with van der Waals surface area (Å²) in [5.41, 5.74) is 1.44. The minimum atomic E-state index is -0.0422. The van der Waals surface area contributed by atoms with Crippen LogP contribution in [0.2, 0.25) is 0 Å². The highest BCUT2D eigenvalue weighted by molar-refractivity contribution is 5.99. The Morgan fingerprint density at radius 3 is 2.95 bits per heavy atom. The molecule has 1 saturated carbocycles. The molecule has 1 heterocycles. The van der Waals surface area contributed by atoms with Crippen molar-refractivity contribution in [2.75, 3.05) is 25.5 Å². The van der Waals surface area contributed by atoms with Crippen LogP contribution in [0.3, 0.4) is 0 Å².